The predicted molar refractivity (Wildman–Crippen MR) is 88.8 cm³/mol. The average molecular weight is 308 g/mol. The van der Waals surface area contributed by atoms with Crippen molar-refractivity contribution in [3.63, 3.8) is 0 Å². The van der Waals surface area contributed by atoms with Crippen molar-refractivity contribution in [1.29, 1.82) is 0 Å². The highest BCUT2D eigenvalue weighted by Gasteiger charge is 2.17. The maximum atomic E-state index is 5.36. The summed E-state index contributed by atoms with van der Waals surface area (Å²) in [6.07, 6.45) is 0. The largest absolute Gasteiger partial charge is 0.424 e. The number of hydrogen-bond acceptors (Lipinski definition) is 5. The summed E-state index contributed by atoms with van der Waals surface area (Å²) in [4.78, 5) is 2.48. The SMILES string of the molecule is Cc1nnc(CNCCN2Cc3cccc4cccc(c34)C2)o1. The van der Waals surface area contributed by atoms with E-state index in [4.69, 9.17) is 4.42 Å². The highest BCUT2D eigenvalue weighted by atomic mass is 16.4. The molecule has 0 amide bonds. The molecule has 0 atom stereocenters. The van der Waals surface area contributed by atoms with Crippen LogP contribution in [-0.4, -0.2) is 28.2 Å². The van der Waals surface area contributed by atoms with Crippen molar-refractivity contribution in [3.05, 3.63) is 59.3 Å². The normalized spacial score (nSPS) is 14.5. The van der Waals surface area contributed by atoms with Crippen molar-refractivity contribution < 1.29 is 4.42 Å². The summed E-state index contributed by atoms with van der Waals surface area (Å²) in [7, 11) is 0. The zero-order valence-corrected chi connectivity index (χ0v) is 13.2. The van der Waals surface area contributed by atoms with Gasteiger partial charge in [0.15, 0.2) is 0 Å². The second kappa shape index (κ2) is 6.10. The van der Waals surface area contributed by atoms with Gasteiger partial charge in [0, 0.05) is 33.1 Å². The van der Waals surface area contributed by atoms with Crippen LogP contribution in [0.2, 0.25) is 0 Å². The summed E-state index contributed by atoms with van der Waals surface area (Å²) in [5.41, 5.74) is 2.86. The molecule has 4 rings (SSSR count). The second-order valence-corrected chi connectivity index (χ2v) is 6.03. The van der Waals surface area contributed by atoms with Crippen LogP contribution >= 0.6 is 0 Å². The summed E-state index contributed by atoms with van der Waals surface area (Å²) in [5, 5.41) is 14.0. The number of benzene rings is 2. The molecule has 1 aromatic heterocycles. The van der Waals surface area contributed by atoms with Gasteiger partial charge in [-0.3, -0.25) is 4.90 Å². The second-order valence-electron chi connectivity index (χ2n) is 6.03. The van der Waals surface area contributed by atoms with E-state index in [1.807, 2.05) is 6.92 Å². The van der Waals surface area contributed by atoms with Gasteiger partial charge in [0.1, 0.15) is 0 Å². The Balaban J connectivity index is 1.37. The van der Waals surface area contributed by atoms with Gasteiger partial charge in [0.2, 0.25) is 11.8 Å². The molecule has 3 aromatic rings. The Morgan fingerprint density at radius 1 is 1.09 bits per heavy atom. The van der Waals surface area contributed by atoms with Crippen molar-refractivity contribution in [3.8, 4) is 0 Å². The number of rotatable bonds is 5. The van der Waals surface area contributed by atoms with E-state index < -0.39 is 0 Å². The van der Waals surface area contributed by atoms with Crippen LogP contribution < -0.4 is 5.32 Å². The highest BCUT2D eigenvalue weighted by Crippen LogP contribution is 2.29. The van der Waals surface area contributed by atoms with Gasteiger partial charge in [-0.15, -0.1) is 10.2 Å². The monoisotopic (exact) mass is 308 g/mol. The molecule has 118 valence electrons. The Kier molecular flexibility index (Phi) is 3.81. The minimum atomic E-state index is 0.613. The van der Waals surface area contributed by atoms with Gasteiger partial charge in [-0.05, 0) is 21.9 Å². The minimum absolute atomic E-state index is 0.613. The molecule has 0 aliphatic carbocycles. The van der Waals surface area contributed by atoms with E-state index >= 15 is 0 Å². The van der Waals surface area contributed by atoms with Crippen LogP contribution in [0.4, 0.5) is 0 Å². The zero-order valence-electron chi connectivity index (χ0n) is 13.2. The van der Waals surface area contributed by atoms with Crippen LogP contribution in [0.5, 0.6) is 0 Å². The van der Waals surface area contributed by atoms with E-state index in [9.17, 15) is 0 Å². The standard InChI is InChI=1S/C18H20N4O/c1-13-20-21-17(23-13)10-19-8-9-22-11-15-6-2-4-14-5-3-7-16(12-22)18(14)15/h2-7,19H,8-12H2,1H3. The smallest absolute Gasteiger partial charge is 0.230 e. The molecular weight excluding hydrogens is 288 g/mol. The lowest BCUT2D eigenvalue weighted by atomic mass is 9.95. The Morgan fingerprint density at radius 3 is 2.48 bits per heavy atom. The van der Waals surface area contributed by atoms with Crippen molar-refractivity contribution in [2.45, 2.75) is 26.6 Å². The Labute approximate surface area is 135 Å². The summed E-state index contributed by atoms with van der Waals surface area (Å²) < 4.78 is 5.36. The summed E-state index contributed by atoms with van der Waals surface area (Å²) in [5.74, 6) is 1.26. The Morgan fingerprint density at radius 2 is 1.83 bits per heavy atom. The van der Waals surface area contributed by atoms with Gasteiger partial charge in [-0.25, -0.2) is 0 Å². The average Bonchev–Trinajstić information content (AvgIpc) is 2.98. The third-order valence-electron chi connectivity index (χ3n) is 4.31. The van der Waals surface area contributed by atoms with Crippen LogP contribution in [0, 0.1) is 6.92 Å². The molecule has 5 nitrogen and oxygen atoms in total. The first kappa shape index (κ1) is 14.4. The lowest BCUT2D eigenvalue weighted by molar-refractivity contribution is 0.251. The Hall–Kier alpha value is -2.24. The molecule has 0 unspecified atom stereocenters. The maximum absolute atomic E-state index is 5.36. The summed E-state index contributed by atoms with van der Waals surface area (Å²) in [6.45, 7) is 6.35. The van der Waals surface area contributed by atoms with E-state index in [1.165, 1.54) is 21.9 Å². The molecule has 0 spiro atoms. The number of hydrogen-bond donors (Lipinski definition) is 1. The van der Waals surface area contributed by atoms with Crippen molar-refractivity contribution >= 4 is 10.8 Å². The van der Waals surface area contributed by atoms with Crippen molar-refractivity contribution in [2.75, 3.05) is 13.1 Å². The van der Waals surface area contributed by atoms with Crippen LogP contribution in [0.3, 0.4) is 0 Å². The maximum Gasteiger partial charge on any atom is 0.230 e. The highest BCUT2D eigenvalue weighted by molar-refractivity contribution is 5.89. The number of nitrogens with zero attached hydrogens (tertiary/aromatic N) is 3. The van der Waals surface area contributed by atoms with Gasteiger partial charge in [0.25, 0.3) is 0 Å². The third kappa shape index (κ3) is 2.98. The molecule has 0 saturated heterocycles. The third-order valence-corrected chi connectivity index (χ3v) is 4.31. The molecule has 2 heterocycles. The van der Waals surface area contributed by atoms with Gasteiger partial charge < -0.3 is 9.73 Å². The predicted octanol–water partition coefficient (Wildman–Crippen LogP) is 2.64. The number of nitrogens with one attached hydrogen (secondary N) is 1. The fourth-order valence-electron chi connectivity index (χ4n) is 3.30. The lowest BCUT2D eigenvalue weighted by Crippen LogP contribution is -2.33. The summed E-state index contributed by atoms with van der Waals surface area (Å²) in [6, 6.07) is 13.2. The topological polar surface area (TPSA) is 54.2 Å². The molecule has 5 heteroatoms. The first-order chi connectivity index (χ1) is 11.3. The number of aryl methyl sites for hydroxylation is 1. The zero-order chi connectivity index (χ0) is 15.6. The first-order valence-corrected chi connectivity index (χ1v) is 8.01. The molecule has 0 fully saturated rings. The van der Waals surface area contributed by atoms with Crippen LogP contribution in [-0.2, 0) is 19.6 Å². The van der Waals surface area contributed by atoms with E-state index in [1.54, 1.807) is 0 Å². The molecular formula is C18H20N4O. The molecule has 1 N–H and O–H groups in total. The Bertz CT molecular complexity index is 786. The minimum Gasteiger partial charge on any atom is -0.424 e. The molecule has 1 aliphatic heterocycles. The molecule has 0 radical (unpaired) electrons. The van der Waals surface area contributed by atoms with Gasteiger partial charge in [-0.1, -0.05) is 36.4 Å². The van der Waals surface area contributed by atoms with E-state index in [2.05, 4.69) is 56.8 Å². The van der Waals surface area contributed by atoms with Gasteiger partial charge in [-0.2, -0.15) is 0 Å². The molecule has 1 aliphatic rings. The lowest BCUT2D eigenvalue weighted by Gasteiger charge is -2.29. The molecule has 0 bridgehead atoms. The van der Waals surface area contributed by atoms with Gasteiger partial charge >= 0.3 is 0 Å². The van der Waals surface area contributed by atoms with Crippen molar-refractivity contribution in [1.82, 2.24) is 20.4 Å². The van der Waals surface area contributed by atoms with E-state index in [0.29, 0.717) is 18.3 Å². The van der Waals surface area contributed by atoms with Crippen LogP contribution in [0.25, 0.3) is 10.8 Å². The quantitative estimate of drug-likeness (QED) is 0.734. The fourth-order valence-corrected chi connectivity index (χ4v) is 3.30. The first-order valence-electron chi connectivity index (χ1n) is 8.01. The van der Waals surface area contributed by atoms with Gasteiger partial charge in [0.05, 0.1) is 6.54 Å². The molecule has 23 heavy (non-hydrogen) atoms. The molecule has 2 aromatic carbocycles. The molecule has 0 saturated carbocycles. The van der Waals surface area contributed by atoms with Crippen molar-refractivity contribution in [2.24, 2.45) is 0 Å². The van der Waals surface area contributed by atoms with E-state index in [0.717, 1.165) is 26.2 Å². The van der Waals surface area contributed by atoms with Crippen LogP contribution in [0.1, 0.15) is 22.9 Å². The van der Waals surface area contributed by atoms with Crippen LogP contribution in [0.15, 0.2) is 40.8 Å². The number of aromatic nitrogens is 2. The summed E-state index contributed by atoms with van der Waals surface area (Å²) >= 11 is 0. The fraction of sp³-hybridized carbons (Fsp3) is 0.333. The van der Waals surface area contributed by atoms with E-state index in [-0.39, 0.29) is 0 Å².